The van der Waals surface area contributed by atoms with Crippen molar-refractivity contribution < 1.29 is 14.4 Å². The van der Waals surface area contributed by atoms with Crippen molar-refractivity contribution in [2.24, 2.45) is 0 Å². The van der Waals surface area contributed by atoms with E-state index in [9.17, 15) is 5.11 Å². The van der Waals surface area contributed by atoms with E-state index >= 15 is 0 Å². The molecule has 2 N–H and O–H groups in total. The number of hydrogen-bond donors (Lipinski definition) is 2. The molecule has 6 nitrogen and oxygen atoms in total. The molecule has 1 atom stereocenters. The summed E-state index contributed by atoms with van der Waals surface area (Å²) in [7, 11) is 0. The van der Waals surface area contributed by atoms with Gasteiger partial charge in [0.05, 0.1) is 13.2 Å². The Balaban J connectivity index is 1.89. The SMILES string of the molecule is Cc1cc(-c2noc(C3COCCN3)n2)cc(C)c1O. The minimum absolute atomic E-state index is 0.0516. The highest BCUT2D eigenvalue weighted by Crippen LogP contribution is 2.28. The second-order valence-electron chi connectivity index (χ2n) is 5.00. The first kappa shape index (κ1) is 13.1. The molecule has 1 saturated heterocycles. The summed E-state index contributed by atoms with van der Waals surface area (Å²) in [5.41, 5.74) is 2.43. The average Bonchev–Trinajstić information content (AvgIpc) is 2.95. The normalized spacial score (nSPS) is 19.2. The molecule has 1 aliphatic rings. The molecule has 3 rings (SSSR count). The summed E-state index contributed by atoms with van der Waals surface area (Å²) in [6, 6.07) is 3.65. The zero-order chi connectivity index (χ0) is 14.1. The number of rotatable bonds is 2. The highest BCUT2D eigenvalue weighted by Gasteiger charge is 2.22. The van der Waals surface area contributed by atoms with Gasteiger partial charge in [0.15, 0.2) is 0 Å². The standard InChI is InChI=1S/C14H17N3O3/c1-8-5-10(6-9(2)12(8)18)13-16-14(20-17-13)11-7-19-4-3-15-11/h5-6,11,15,18H,3-4,7H2,1-2H3. The number of morpholine rings is 1. The molecule has 0 aliphatic carbocycles. The van der Waals surface area contributed by atoms with Crippen LogP contribution in [0, 0.1) is 13.8 Å². The van der Waals surface area contributed by atoms with Crippen LogP contribution in [0.25, 0.3) is 11.4 Å². The quantitative estimate of drug-likeness (QED) is 0.868. The van der Waals surface area contributed by atoms with Crippen LogP contribution < -0.4 is 5.32 Å². The van der Waals surface area contributed by atoms with Gasteiger partial charge < -0.3 is 19.7 Å². The third-order valence-corrected chi connectivity index (χ3v) is 3.41. The van der Waals surface area contributed by atoms with E-state index in [1.165, 1.54) is 0 Å². The molecule has 1 aliphatic heterocycles. The van der Waals surface area contributed by atoms with Crippen LogP contribution in [-0.4, -0.2) is 35.0 Å². The Morgan fingerprint density at radius 1 is 1.30 bits per heavy atom. The van der Waals surface area contributed by atoms with Gasteiger partial charge in [-0.1, -0.05) is 5.16 Å². The van der Waals surface area contributed by atoms with Crippen molar-refractivity contribution >= 4 is 0 Å². The summed E-state index contributed by atoms with van der Waals surface area (Å²) in [5, 5.41) is 17.1. The lowest BCUT2D eigenvalue weighted by Crippen LogP contribution is -2.34. The molecule has 2 heterocycles. The molecule has 6 heteroatoms. The summed E-state index contributed by atoms with van der Waals surface area (Å²) in [6.45, 7) is 5.72. The van der Waals surface area contributed by atoms with E-state index in [-0.39, 0.29) is 6.04 Å². The van der Waals surface area contributed by atoms with Gasteiger partial charge in [0.2, 0.25) is 11.7 Å². The largest absolute Gasteiger partial charge is 0.507 e. The predicted molar refractivity (Wildman–Crippen MR) is 72.4 cm³/mol. The van der Waals surface area contributed by atoms with Gasteiger partial charge >= 0.3 is 0 Å². The summed E-state index contributed by atoms with van der Waals surface area (Å²) in [6.07, 6.45) is 0. The number of aromatic hydroxyl groups is 1. The van der Waals surface area contributed by atoms with Crippen molar-refractivity contribution in [2.75, 3.05) is 19.8 Å². The van der Waals surface area contributed by atoms with Crippen molar-refractivity contribution in [3.63, 3.8) is 0 Å². The van der Waals surface area contributed by atoms with Crippen LogP contribution in [0.3, 0.4) is 0 Å². The van der Waals surface area contributed by atoms with Crippen molar-refractivity contribution in [2.45, 2.75) is 19.9 Å². The number of hydrogen-bond acceptors (Lipinski definition) is 6. The Morgan fingerprint density at radius 3 is 2.70 bits per heavy atom. The Kier molecular flexibility index (Phi) is 3.42. The highest BCUT2D eigenvalue weighted by atomic mass is 16.5. The molecular weight excluding hydrogens is 258 g/mol. The summed E-state index contributed by atoms with van der Waals surface area (Å²) in [4.78, 5) is 4.41. The molecule has 0 spiro atoms. The van der Waals surface area contributed by atoms with Crippen LogP contribution in [0.5, 0.6) is 5.75 Å². The van der Waals surface area contributed by atoms with Crippen LogP contribution in [-0.2, 0) is 4.74 Å². The number of nitrogens with one attached hydrogen (secondary N) is 1. The highest BCUT2D eigenvalue weighted by molar-refractivity contribution is 5.60. The van der Waals surface area contributed by atoms with E-state index in [0.717, 1.165) is 23.2 Å². The first-order valence-corrected chi connectivity index (χ1v) is 6.60. The van der Waals surface area contributed by atoms with Crippen LogP contribution in [0.2, 0.25) is 0 Å². The second-order valence-corrected chi connectivity index (χ2v) is 5.00. The molecule has 2 aromatic rings. The molecule has 1 aromatic heterocycles. The lowest BCUT2D eigenvalue weighted by atomic mass is 10.1. The lowest BCUT2D eigenvalue weighted by Gasteiger charge is -2.20. The Bertz CT molecular complexity index is 595. The average molecular weight is 275 g/mol. The molecular formula is C14H17N3O3. The molecule has 1 aromatic carbocycles. The van der Waals surface area contributed by atoms with E-state index in [0.29, 0.717) is 30.7 Å². The van der Waals surface area contributed by atoms with Gasteiger partial charge in [0, 0.05) is 12.1 Å². The second kappa shape index (κ2) is 5.22. The first-order chi connectivity index (χ1) is 9.65. The zero-order valence-corrected chi connectivity index (χ0v) is 11.5. The zero-order valence-electron chi connectivity index (χ0n) is 11.5. The third-order valence-electron chi connectivity index (χ3n) is 3.41. The number of phenols is 1. The Hall–Kier alpha value is -1.92. The molecule has 0 saturated carbocycles. The molecule has 1 fully saturated rings. The minimum Gasteiger partial charge on any atom is -0.507 e. The number of aromatic nitrogens is 2. The van der Waals surface area contributed by atoms with Crippen molar-refractivity contribution in [3.8, 4) is 17.1 Å². The van der Waals surface area contributed by atoms with E-state index in [2.05, 4.69) is 15.5 Å². The summed E-state index contributed by atoms with van der Waals surface area (Å²) < 4.78 is 10.7. The molecule has 1 unspecified atom stereocenters. The molecule has 0 amide bonds. The van der Waals surface area contributed by atoms with E-state index in [1.54, 1.807) is 0 Å². The van der Waals surface area contributed by atoms with Crippen molar-refractivity contribution in [3.05, 3.63) is 29.2 Å². The molecule has 20 heavy (non-hydrogen) atoms. The minimum atomic E-state index is -0.0516. The van der Waals surface area contributed by atoms with Crippen LogP contribution in [0.15, 0.2) is 16.7 Å². The van der Waals surface area contributed by atoms with Crippen LogP contribution in [0.4, 0.5) is 0 Å². The van der Waals surface area contributed by atoms with Crippen molar-refractivity contribution in [1.29, 1.82) is 0 Å². The molecule has 0 bridgehead atoms. The number of nitrogens with zero attached hydrogens (tertiary/aromatic N) is 2. The van der Waals surface area contributed by atoms with Crippen LogP contribution >= 0.6 is 0 Å². The monoisotopic (exact) mass is 275 g/mol. The summed E-state index contributed by atoms with van der Waals surface area (Å²) >= 11 is 0. The van der Waals surface area contributed by atoms with E-state index in [4.69, 9.17) is 9.26 Å². The number of ether oxygens (including phenoxy) is 1. The number of aryl methyl sites for hydroxylation is 2. The number of phenolic OH excluding ortho intramolecular Hbond substituents is 1. The van der Waals surface area contributed by atoms with Gasteiger partial charge in [0.1, 0.15) is 11.8 Å². The van der Waals surface area contributed by atoms with Gasteiger partial charge in [-0.2, -0.15) is 4.98 Å². The van der Waals surface area contributed by atoms with E-state index in [1.807, 2.05) is 26.0 Å². The lowest BCUT2D eigenvalue weighted by molar-refractivity contribution is 0.0659. The number of benzene rings is 1. The third kappa shape index (κ3) is 2.39. The Morgan fingerprint density at radius 2 is 2.05 bits per heavy atom. The van der Waals surface area contributed by atoms with Gasteiger partial charge in [-0.15, -0.1) is 0 Å². The fraction of sp³-hybridized carbons (Fsp3) is 0.429. The van der Waals surface area contributed by atoms with Gasteiger partial charge in [-0.05, 0) is 37.1 Å². The van der Waals surface area contributed by atoms with Gasteiger partial charge in [-0.25, -0.2) is 0 Å². The van der Waals surface area contributed by atoms with Gasteiger partial charge in [0.25, 0.3) is 0 Å². The molecule has 106 valence electrons. The van der Waals surface area contributed by atoms with Gasteiger partial charge in [-0.3, -0.25) is 0 Å². The smallest absolute Gasteiger partial charge is 0.246 e. The first-order valence-electron chi connectivity index (χ1n) is 6.60. The fourth-order valence-electron chi connectivity index (χ4n) is 2.30. The van der Waals surface area contributed by atoms with E-state index < -0.39 is 0 Å². The Labute approximate surface area is 116 Å². The summed E-state index contributed by atoms with van der Waals surface area (Å²) in [5.74, 6) is 1.36. The molecule has 0 radical (unpaired) electrons. The topological polar surface area (TPSA) is 80.4 Å². The maximum atomic E-state index is 9.80. The predicted octanol–water partition coefficient (Wildman–Crippen LogP) is 1.72. The fourth-order valence-corrected chi connectivity index (χ4v) is 2.30. The maximum absolute atomic E-state index is 9.80. The van der Waals surface area contributed by atoms with Crippen LogP contribution in [0.1, 0.15) is 23.1 Å². The maximum Gasteiger partial charge on any atom is 0.246 e. The van der Waals surface area contributed by atoms with Crippen molar-refractivity contribution in [1.82, 2.24) is 15.5 Å².